The summed E-state index contributed by atoms with van der Waals surface area (Å²) in [5.41, 5.74) is 8.21. The first-order chi connectivity index (χ1) is 9.81. The predicted molar refractivity (Wildman–Crippen MR) is 83.9 cm³/mol. The van der Waals surface area contributed by atoms with Gasteiger partial charge >= 0.3 is 0 Å². The molecule has 1 aromatic carbocycles. The number of nitrogens with zero attached hydrogens (tertiary/aromatic N) is 2. The summed E-state index contributed by atoms with van der Waals surface area (Å²) in [6.45, 7) is 6.08. The smallest absolute Gasteiger partial charge is 0.269 e. The Balaban J connectivity index is 2.66. The first kappa shape index (κ1) is 15.0. The molecule has 0 aliphatic carbocycles. The molecule has 2 aromatic rings. The van der Waals surface area contributed by atoms with Crippen LogP contribution in [0, 0.1) is 18.3 Å². The quantitative estimate of drug-likeness (QED) is 0.939. The van der Waals surface area contributed by atoms with Gasteiger partial charge in [-0.3, -0.25) is 4.79 Å². The minimum absolute atomic E-state index is 0.134. The molecule has 1 heterocycles. The highest BCUT2D eigenvalue weighted by atomic mass is 16.1. The molecule has 1 aromatic heterocycles. The van der Waals surface area contributed by atoms with Crippen LogP contribution in [0.3, 0.4) is 0 Å². The van der Waals surface area contributed by atoms with E-state index in [9.17, 15) is 4.79 Å². The normalized spacial score (nSPS) is 11.2. The van der Waals surface area contributed by atoms with Crippen molar-refractivity contribution < 1.29 is 0 Å². The number of aromatic nitrogens is 1. The highest BCUT2D eigenvalue weighted by Crippen LogP contribution is 2.20. The van der Waals surface area contributed by atoms with E-state index in [1.807, 2.05) is 51.1 Å². The van der Waals surface area contributed by atoms with E-state index in [4.69, 9.17) is 11.0 Å². The number of pyridine rings is 1. The van der Waals surface area contributed by atoms with Crippen molar-refractivity contribution in [1.29, 1.82) is 5.26 Å². The molecule has 0 saturated heterocycles. The van der Waals surface area contributed by atoms with Crippen molar-refractivity contribution in [3.63, 3.8) is 0 Å². The van der Waals surface area contributed by atoms with Gasteiger partial charge in [-0.1, -0.05) is 29.8 Å². The Bertz CT molecular complexity index is 744. The van der Waals surface area contributed by atoms with Crippen LogP contribution < -0.4 is 11.3 Å². The summed E-state index contributed by atoms with van der Waals surface area (Å²) in [6, 6.07) is 13.2. The maximum atomic E-state index is 12.4. The molecule has 0 aliphatic rings. The molecule has 2 N–H and O–H groups in total. The van der Waals surface area contributed by atoms with Crippen LogP contribution in [0.4, 0.5) is 0 Å². The van der Waals surface area contributed by atoms with Crippen LogP contribution in [0.2, 0.25) is 0 Å². The number of aryl methyl sites for hydroxylation is 1. The lowest BCUT2D eigenvalue weighted by Crippen LogP contribution is -2.41. The monoisotopic (exact) mass is 281 g/mol. The molecule has 2 rings (SSSR count). The van der Waals surface area contributed by atoms with Crippen LogP contribution in [-0.2, 0) is 6.54 Å². The number of nitriles is 1. The minimum atomic E-state index is -0.544. The second kappa shape index (κ2) is 5.55. The Morgan fingerprint density at radius 1 is 1.19 bits per heavy atom. The zero-order valence-electron chi connectivity index (χ0n) is 12.6. The highest BCUT2D eigenvalue weighted by Gasteiger charge is 2.17. The van der Waals surface area contributed by atoms with E-state index in [1.54, 1.807) is 16.7 Å². The van der Waals surface area contributed by atoms with Gasteiger partial charge in [-0.15, -0.1) is 0 Å². The van der Waals surface area contributed by atoms with Gasteiger partial charge in [0.25, 0.3) is 5.56 Å². The minimum Gasteiger partial charge on any atom is -0.324 e. The molecule has 0 atom stereocenters. The number of hydrogen-bond acceptors (Lipinski definition) is 3. The maximum Gasteiger partial charge on any atom is 0.269 e. The molecular weight excluding hydrogens is 262 g/mol. The molecule has 0 radical (unpaired) electrons. The van der Waals surface area contributed by atoms with Crippen molar-refractivity contribution in [2.24, 2.45) is 5.73 Å². The Hall–Kier alpha value is -2.38. The molecule has 0 spiro atoms. The summed E-state index contributed by atoms with van der Waals surface area (Å²) in [5, 5.41) is 9.04. The van der Waals surface area contributed by atoms with Crippen molar-refractivity contribution in [2.45, 2.75) is 32.9 Å². The van der Waals surface area contributed by atoms with E-state index in [0.29, 0.717) is 6.54 Å². The third kappa shape index (κ3) is 3.39. The lowest BCUT2D eigenvalue weighted by molar-refractivity contribution is 0.429. The Morgan fingerprint density at radius 2 is 1.81 bits per heavy atom. The van der Waals surface area contributed by atoms with Crippen LogP contribution in [0.1, 0.15) is 25.0 Å². The summed E-state index contributed by atoms with van der Waals surface area (Å²) < 4.78 is 1.59. The van der Waals surface area contributed by atoms with Crippen LogP contribution in [0.5, 0.6) is 0 Å². The summed E-state index contributed by atoms with van der Waals surface area (Å²) >= 11 is 0. The second-order valence-corrected chi connectivity index (χ2v) is 5.99. The van der Waals surface area contributed by atoms with E-state index in [2.05, 4.69) is 0 Å². The molecule has 0 aliphatic heterocycles. The number of hydrogen-bond donors (Lipinski definition) is 1. The lowest BCUT2D eigenvalue weighted by atomic mass is 10.0. The maximum absolute atomic E-state index is 12.4. The number of nitrogens with two attached hydrogens (primary N) is 1. The standard InChI is InChI=1S/C17H19N3O/c1-12-4-6-13(7-5-12)15-9-8-14(10-18)16(21)20(15)11-17(2,3)19/h4-9H,11,19H2,1-3H3. The average Bonchev–Trinajstić information content (AvgIpc) is 2.41. The zero-order valence-corrected chi connectivity index (χ0v) is 12.6. The van der Waals surface area contributed by atoms with Crippen molar-refractivity contribution in [1.82, 2.24) is 4.57 Å². The second-order valence-electron chi connectivity index (χ2n) is 5.99. The van der Waals surface area contributed by atoms with Gasteiger partial charge in [0.15, 0.2) is 0 Å². The van der Waals surface area contributed by atoms with Gasteiger partial charge < -0.3 is 10.3 Å². The molecule has 108 valence electrons. The topological polar surface area (TPSA) is 71.8 Å². The Morgan fingerprint density at radius 3 is 2.33 bits per heavy atom. The molecular formula is C17H19N3O. The Labute approximate surface area is 124 Å². The molecule has 21 heavy (non-hydrogen) atoms. The summed E-state index contributed by atoms with van der Waals surface area (Å²) in [4.78, 5) is 12.4. The van der Waals surface area contributed by atoms with Crippen molar-refractivity contribution >= 4 is 0 Å². The lowest BCUT2D eigenvalue weighted by Gasteiger charge is -2.23. The van der Waals surface area contributed by atoms with E-state index in [-0.39, 0.29) is 11.1 Å². The zero-order chi connectivity index (χ0) is 15.6. The third-order valence-electron chi connectivity index (χ3n) is 3.21. The van der Waals surface area contributed by atoms with Gasteiger partial charge in [-0.2, -0.15) is 5.26 Å². The SMILES string of the molecule is Cc1ccc(-c2ccc(C#N)c(=O)n2CC(C)(C)N)cc1. The van der Waals surface area contributed by atoms with E-state index in [0.717, 1.165) is 16.8 Å². The van der Waals surface area contributed by atoms with Gasteiger partial charge in [0.05, 0.1) is 5.69 Å². The van der Waals surface area contributed by atoms with Gasteiger partial charge in [0.2, 0.25) is 0 Å². The molecule has 4 heteroatoms. The van der Waals surface area contributed by atoms with Gasteiger partial charge in [0, 0.05) is 12.1 Å². The fourth-order valence-corrected chi connectivity index (χ4v) is 2.20. The van der Waals surface area contributed by atoms with Gasteiger partial charge in [-0.25, -0.2) is 0 Å². The number of benzene rings is 1. The van der Waals surface area contributed by atoms with E-state index >= 15 is 0 Å². The molecule has 0 saturated carbocycles. The van der Waals surface area contributed by atoms with Gasteiger partial charge in [0.1, 0.15) is 11.6 Å². The predicted octanol–water partition coefficient (Wildman–Crippen LogP) is 2.43. The van der Waals surface area contributed by atoms with Crippen molar-refractivity contribution in [3.05, 3.63) is 57.9 Å². The molecule has 0 bridgehead atoms. The summed E-state index contributed by atoms with van der Waals surface area (Å²) in [7, 11) is 0. The van der Waals surface area contributed by atoms with E-state index < -0.39 is 5.54 Å². The molecule has 0 unspecified atom stereocenters. The summed E-state index contributed by atoms with van der Waals surface area (Å²) in [6.07, 6.45) is 0. The van der Waals surface area contributed by atoms with Crippen LogP contribution in [0.15, 0.2) is 41.2 Å². The number of rotatable bonds is 3. The highest BCUT2D eigenvalue weighted by molar-refractivity contribution is 5.60. The van der Waals surface area contributed by atoms with Crippen molar-refractivity contribution in [2.75, 3.05) is 0 Å². The van der Waals surface area contributed by atoms with Crippen molar-refractivity contribution in [3.8, 4) is 17.3 Å². The molecule has 4 nitrogen and oxygen atoms in total. The fraction of sp³-hybridized carbons (Fsp3) is 0.294. The van der Waals surface area contributed by atoms with Crippen LogP contribution >= 0.6 is 0 Å². The van der Waals surface area contributed by atoms with Crippen LogP contribution in [-0.4, -0.2) is 10.1 Å². The third-order valence-corrected chi connectivity index (χ3v) is 3.21. The first-order valence-corrected chi connectivity index (χ1v) is 6.82. The Kier molecular flexibility index (Phi) is 3.97. The van der Waals surface area contributed by atoms with E-state index in [1.165, 1.54) is 0 Å². The largest absolute Gasteiger partial charge is 0.324 e. The average molecular weight is 281 g/mol. The molecule has 0 amide bonds. The fourth-order valence-electron chi connectivity index (χ4n) is 2.20. The van der Waals surface area contributed by atoms with Gasteiger partial charge in [-0.05, 0) is 38.5 Å². The van der Waals surface area contributed by atoms with Crippen LogP contribution in [0.25, 0.3) is 11.3 Å². The first-order valence-electron chi connectivity index (χ1n) is 6.82. The summed E-state index contributed by atoms with van der Waals surface area (Å²) in [5.74, 6) is 0. The molecule has 0 fully saturated rings.